The molecule has 0 atom stereocenters. The van der Waals surface area contributed by atoms with E-state index in [0.29, 0.717) is 29.8 Å². The maximum Gasteiger partial charge on any atom is 0.233 e. The summed E-state index contributed by atoms with van der Waals surface area (Å²) in [4.78, 5) is 8.82. The first-order valence-electron chi connectivity index (χ1n) is 5.80. The molecule has 0 aliphatic rings. The number of anilines is 1. The number of ether oxygens (including phenoxy) is 2. The molecule has 0 aliphatic carbocycles. The Morgan fingerprint density at radius 3 is 2.55 bits per heavy atom. The van der Waals surface area contributed by atoms with Crippen molar-refractivity contribution in [2.45, 2.75) is 6.61 Å². The molecular formula is C12H14BrN5O2. The molecule has 106 valence electrons. The van der Waals surface area contributed by atoms with Crippen molar-refractivity contribution in [2.24, 2.45) is 0 Å². The van der Waals surface area contributed by atoms with E-state index in [9.17, 15) is 0 Å². The normalized spacial score (nSPS) is 10.4. The van der Waals surface area contributed by atoms with E-state index in [-0.39, 0.29) is 0 Å². The second-order valence-electron chi connectivity index (χ2n) is 3.80. The standard InChI is InChI=1S/C12H14BrN5O2/c1-14-12-10(13)8(6-19-2)15-11(16-12)7-4-5-9(20-3)18-17-7/h4-5H,6H2,1-3H3,(H,14,15,16). The molecule has 0 bridgehead atoms. The summed E-state index contributed by atoms with van der Waals surface area (Å²) in [7, 11) is 4.93. The summed E-state index contributed by atoms with van der Waals surface area (Å²) in [5.41, 5.74) is 1.30. The van der Waals surface area contributed by atoms with Gasteiger partial charge in [0.25, 0.3) is 0 Å². The molecule has 8 heteroatoms. The zero-order valence-corrected chi connectivity index (χ0v) is 12.9. The molecule has 7 nitrogen and oxygen atoms in total. The SMILES string of the molecule is CNc1nc(-c2ccc(OC)nn2)nc(COC)c1Br. The lowest BCUT2D eigenvalue weighted by atomic mass is 10.3. The summed E-state index contributed by atoms with van der Waals surface area (Å²) in [6.45, 7) is 0.369. The Kier molecular flexibility index (Phi) is 4.80. The zero-order chi connectivity index (χ0) is 14.5. The van der Waals surface area contributed by atoms with Gasteiger partial charge in [-0.15, -0.1) is 10.2 Å². The number of nitrogens with zero attached hydrogens (tertiary/aromatic N) is 4. The second-order valence-corrected chi connectivity index (χ2v) is 4.59. The van der Waals surface area contributed by atoms with Crippen molar-refractivity contribution < 1.29 is 9.47 Å². The highest BCUT2D eigenvalue weighted by atomic mass is 79.9. The van der Waals surface area contributed by atoms with Crippen LogP contribution in [-0.2, 0) is 11.3 Å². The molecule has 20 heavy (non-hydrogen) atoms. The molecular weight excluding hydrogens is 326 g/mol. The number of halogens is 1. The second kappa shape index (κ2) is 6.58. The lowest BCUT2D eigenvalue weighted by Gasteiger charge is -2.10. The van der Waals surface area contributed by atoms with Gasteiger partial charge in [-0.1, -0.05) is 0 Å². The van der Waals surface area contributed by atoms with Crippen molar-refractivity contribution in [3.63, 3.8) is 0 Å². The average Bonchev–Trinajstić information content (AvgIpc) is 2.49. The molecule has 1 N–H and O–H groups in total. The fourth-order valence-corrected chi connectivity index (χ4v) is 2.04. The molecule has 0 radical (unpaired) electrons. The highest BCUT2D eigenvalue weighted by Gasteiger charge is 2.13. The molecule has 0 amide bonds. The van der Waals surface area contributed by atoms with Crippen LogP contribution in [0.2, 0.25) is 0 Å². The predicted octanol–water partition coefficient (Wildman–Crippen LogP) is 1.89. The van der Waals surface area contributed by atoms with E-state index in [1.54, 1.807) is 26.3 Å². The molecule has 2 aromatic heterocycles. The largest absolute Gasteiger partial charge is 0.480 e. The van der Waals surface area contributed by atoms with Crippen LogP contribution in [0.25, 0.3) is 11.5 Å². The molecule has 0 aromatic carbocycles. The summed E-state index contributed by atoms with van der Waals surface area (Å²) < 4.78 is 10.9. The van der Waals surface area contributed by atoms with Gasteiger partial charge in [0.05, 0.1) is 23.9 Å². The van der Waals surface area contributed by atoms with Crippen molar-refractivity contribution in [1.29, 1.82) is 0 Å². The number of rotatable bonds is 5. The van der Waals surface area contributed by atoms with Gasteiger partial charge in [0, 0.05) is 20.2 Å². The van der Waals surface area contributed by atoms with Crippen molar-refractivity contribution >= 4 is 21.7 Å². The minimum Gasteiger partial charge on any atom is -0.480 e. The molecule has 2 aromatic rings. The van der Waals surface area contributed by atoms with Gasteiger partial charge >= 0.3 is 0 Å². The first-order chi connectivity index (χ1) is 9.69. The van der Waals surface area contributed by atoms with Crippen LogP contribution in [-0.4, -0.2) is 41.4 Å². The topological polar surface area (TPSA) is 82.1 Å². The van der Waals surface area contributed by atoms with Gasteiger partial charge in [-0.3, -0.25) is 0 Å². The molecule has 2 rings (SSSR count). The number of aromatic nitrogens is 4. The van der Waals surface area contributed by atoms with Gasteiger partial charge in [-0.2, -0.15) is 0 Å². The van der Waals surface area contributed by atoms with Gasteiger partial charge < -0.3 is 14.8 Å². The molecule has 0 spiro atoms. The number of nitrogens with one attached hydrogen (secondary N) is 1. The quantitative estimate of drug-likeness (QED) is 0.890. The van der Waals surface area contributed by atoms with Crippen LogP contribution in [0, 0.1) is 0 Å². The van der Waals surface area contributed by atoms with Crippen LogP contribution in [0.15, 0.2) is 16.6 Å². The van der Waals surface area contributed by atoms with E-state index in [0.717, 1.165) is 10.2 Å². The Morgan fingerprint density at radius 2 is 2.00 bits per heavy atom. The first-order valence-corrected chi connectivity index (χ1v) is 6.60. The lowest BCUT2D eigenvalue weighted by molar-refractivity contribution is 0.181. The Hall–Kier alpha value is -1.80. The van der Waals surface area contributed by atoms with E-state index in [1.807, 2.05) is 0 Å². The Labute approximate surface area is 124 Å². The minimum absolute atomic E-state index is 0.369. The summed E-state index contributed by atoms with van der Waals surface area (Å²) >= 11 is 3.45. The molecule has 0 fully saturated rings. The molecule has 0 aliphatic heterocycles. The van der Waals surface area contributed by atoms with E-state index in [4.69, 9.17) is 9.47 Å². The third-order valence-corrected chi connectivity index (χ3v) is 3.35. The van der Waals surface area contributed by atoms with Crippen LogP contribution in [0.1, 0.15) is 5.69 Å². The maximum absolute atomic E-state index is 5.13. The van der Waals surface area contributed by atoms with Crippen molar-refractivity contribution in [3.8, 4) is 17.4 Å². The summed E-state index contributed by atoms with van der Waals surface area (Å²) in [6, 6.07) is 3.47. The van der Waals surface area contributed by atoms with E-state index in [2.05, 4.69) is 41.4 Å². The number of hydrogen-bond acceptors (Lipinski definition) is 7. The van der Waals surface area contributed by atoms with Crippen molar-refractivity contribution in [2.75, 3.05) is 26.6 Å². The van der Waals surface area contributed by atoms with Crippen molar-refractivity contribution in [1.82, 2.24) is 20.2 Å². The average molecular weight is 340 g/mol. The third-order valence-electron chi connectivity index (χ3n) is 2.52. The zero-order valence-electron chi connectivity index (χ0n) is 11.3. The van der Waals surface area contributed by atoms with Crippen LogP contribution in [0.3, 0.4) is 0 Å². The van der Waals surface area contributed by atoms with Crippen LogP contribution >= 0.6 is 15.9 Å². The van der Waals surface area contributed by atoms with E-state index in [1.165, 1.54) is 7.11 Å². The third kappa shape index (κ3) is 3.02. The Balaban J connectivity index is 2.46. The lowest BCUT2D eigenvalue weighted by Crippen LogP contribution is -2.05. The molecule has 0 saturated heterocycles. The van der Waals surface area contributed by atoms with Gasteiger partial charge in [0.15, 0.2) is 5.82 Å². The first kappa shape index (κ1) is 14.6. The summed E-state index contributed by atoms with van der Waals surface area (Å²) in [5, 5.41) is 11.0. The predicted molar refractivity (Wildman–Crippen MR) is 77.6 cm³/mol. The highest BCUT2D eigenvalue weighted by molar-refractivity contribution is 9.10. The van der Waals surface area contributed by atoms with Gasteiger partial charge in [0.1, 0.15) is 11.5 Å². The Bertz CT molecular complexity index is 591. The molecule has 0 unspecified atom stereocenters. The molecule has 0 saturated carbocycles. The fraction of sp³-hybridized carbons (Fsp3) is 0.333. The Morgan fingerprint density at radius 1 is 1.20 bits per heavy atom. The van der Waals surface area contributed by atoms with Crippen LogP contribution in [0.4, 0.5) is 5.82 Å². The van der Waals surface area contributed by atoms with Crippen LogP contribution < -0.4 is 10.1 Å². The number of methoxy groups -OCH3 is 2. The summed E-state index contributed by atoms with van der Waals surface area (Å²) in [6.07, 6.45) is 0. The van der Waals surface area contributed by atoms with Gasteiger partial charge in [-0.05, 0) is 22.0 Å². The van der Waals surface area contributed by atoms with Gasteiger partial charge in [0.2, 0.25) is 5.88 Å². The molecule has 2 heterocycles. The summed E-state index contributed by atoms with van der Waals surface area (Å²) in [5.74, 6) is 1.58. The smallest absolute Gasteiger partial charge is 0.233 e. The van der Waals surface area contributed by atoms with Gasteiger partial charge in [-0.25, -0.2) is 9.97 Å². The maximum atomic E-state index is 5.13. The monoisotopic (exact) mass is 339 g/mol. The van der Waals surface area contributed by atoms with Crippen molar-refractivity contribution in [3.05, 3.63) is 22.3 Å². The number of hydrogen-bond donors (Lipinski definition) is 1. The minimum atomic E-state index is 0.369. The highest BCUT2D eigenvalue weighted by Crippen LogP contribution is 2.26. The van der Waals surface area contributed by atoms with Crippen LogP contribution in [0.5, 0.6) is 5.88 Å². The fourth-order valence-electron chi connectivity index (χ4n) is 1.55. The van der Waals surface area contributed by atoms with E-state index >= 15 is 0 Å². The van der Waals surface area contributed by atoms with E-state index < -0.39 is 0 Å².